The van der Waals surface area contributed by atoms with Crippen molar-refractivity contribution in [1.29, 1.82) is 5.26 Å². The molecule has 1 saturated carbocycles. The van der Waals surface area contributed by atoms with Crippen molar-refractivity contribution in [3.8, 4) is 6.07 Å². The molecule has 0 radical (unpaired) electrons. The van der Waals surface area contributed by atoms with E-state index in [0.717, 1.165) is 31.2 Å². The van der Waals surface area contributed by atoms with Crippen LogP contribution in [0.15, 0.2) is 18.2 Å². The number of benzene rings is 1. The molecule has 2 nitrogen and oxygen atoms in total. The summed E-state index contributed by atoms with van der Waals surface area (Å²) in [6.07, 6.45) is 4.05. The highest BCUT2D eigenvalue weighted by molar-refractivity contribution is 5.37. The molecular formula is C12H13FN2. The van der Waals surface area contributed by atoms with Gasteiger partial charge in [-0.05, 0) is 30.5 Å². The Balaban J connectivity index is 2.41. The molecule has 1 aliphatic rings. The lowest BCUT2D eigenvalue weighted by molar-refractivity contribution is 0.460. The summed E-state index contributed by atoms with van der Waals surface area (Å²) in [5, 5.41) is 8.74. The van der Waals surface area contributed by atoms with Crippen LogP contribution < -0.4 is 5.73 Å². The lowest BCUT2D eigenvalue weighted by atomic mass is 9.88. The smallest absolute Gasteiger partial charge is 0.140 e. The Kier molecular flexibility index (Phi) is 2.45. The third-order valence-corrected chi connectivity index (χ3v) is 3.16. The predicted octanol–water partition coefficient (Wildman–Crippen LogP) is 2.43. The second-order valence-corrected chi connectivity index (χ2v) is 4.17. The van der Waals surface area contributed by atoms with Crippen molar-refractivity contribution in [2.75, 3.05) is 0 Å². The molecule has 0 aromatic heterocycles. The molecule has 1 fully saturated rings. The van der Waals surface area contributed by atoms with E-state index in [1.165, 1.54) is 6.07 Å². The first-order valence-corrected chi connectivity index (χ1v) is 5.15. The Hall–Kier alpha value is -1.40. The molecule has 0 atom stereocenters. The van der Waals surface area contributed by atoms with Crippen molar-refractivity contribution in [1.82, 2.24) is 0 Å². The molecule has 0 aliphatic heterocycles. The minimum absolute atomic E-state index is 0.0872. The van der Waals surface area contributed by atoms with Gasteiger partial charge in [0.05, 0.1) is 5.56 Å². The average Bonchev–Trinajstić information content (AvgIpc) is 2.67. The largest absolute Gasteiger partial charge is 0.321 e. The van der Waals surface area contributed by atoms with E-state index in [-0.39, 0.29) is 11.1 Å². The summed E-state index contributed by atoms with van der Waals surface area (Å²) in [5.41, 5.74) is 6.85. The fourth-order valence-corrected chi connectivity index (χ4v) is 2.22. The summed E-state index contributed by atoms with van der Waals surface area (Å²) in [6.45, 7) is 0. The number of nitrogens with zero attached hydrogens (tertiary/aromatic N) is 1. The minimum atomic E-state index is -0.470. The van der Waals surface area contributed by atoms with Crippen molar-refractivity contribution in [3.63, 3.8) is 0 Å². The van der Waals surface area contributed by atoms with Gasteiger partial charge < -0.3 is 5.73 Å². The highest BCUT2D eigenvalue weighted by Crippen LogP contribution is 2.36. The van der Waals surface area contributed by atoms with Crippen LogP contribution in [0.3, 0.4) is 0 Å². The van der Waals surface area contributed by atoms with Crippen LogP contribution in [0.4, 0.5) is 4.39 Å². The van der Waals surface area contributed by atoms with Crippen molar-refractivity contribution in [2.45, 2.75) is 31.2 Å². The van der Waals surface area contributed by atoms with Crippen LogP contribution in [0, 0.1) is 17.1 Å². The fraction of sp³-hybridized carbons (Fsp3) is 0.417. The van der Waals surface area contributed by atoms with E-state index in [4.69, 9.17) is 11.0 Å². The Labute approximate surface area is 88.5 Å². The Morgan fingerprint density at radius 3 is 2.60 bits per heavy atom. The normalized spacial score (nSPS) is 18.7. The summed E-state index contributed by atoms with van der Waals surface area (Å²) in [6, 6.07) is 6.46. The molecule has 1 aromatic rings. The third-order valence-electron chi connectivity index (χ3n) is 3.16. The van der Waals surface area contributed by atoms with Crippen molar-refractivity contribution >= 4 is 0 Å². The van der Waals surface area contributed by atoms with Crippen molar-refractivity contribution in [3.05, 3.63) is 35.1 Å². The maximum absolute atomic E-state index is 13.1. The molecule has 1 aromatic carbocycles. The number of hydrogen-bond donors (Lipinski definition) is 1. The van der Waals surface area contributed by atoms with E-state index in [1.807, 2.05) is 6.07 Å². The average molecular weight is 204 g/mol. The molecule has 0 unspecified atom stereocenters. The van der Waals surface area contributed by atoms with Gasteiger partial charge in [-0.1, -0.05) is 18.9 Å². The maximum atomic E-state index is 13.1. The Morgan fingerprint density at radius 1 is 1.33 bits per heavy atom. The number of rotatable bonds is 1. The molecule has 1 aliphatic carbocycles. The first-order valence-electron chi connectivity index (χ1n) is 5.15. The second kappa shape index (κ2) is 3.63. The Morgan fingerprint density at radius 2 is 2.00 bits per heavy atom. The summed E-state index contributed by atoms with van der Waals surface area (Å²) < 4.78 is 13.1. The SMILES string of the molecule is N#Cc1cc(C2(N)CCCC2)ccc1F. The monoisotopic (exact) mass is 204 g/mol. The van der Waals surface area contributed by atoms with Crippen molar-refractivity contribution in [2.24, 2.45) is 5.73 Å². The van der Waals surface area contributed by atoms with Crippen molar-refractivity contribution < 1.29 is 4.39 Å². The summed E-state index contributed by atoms with van der Waals surface area (Å²) in [4.78, 5) is 0. The molecule has 0 bridgehead atoms. The van der Waals surface area contributed by atoms with Gasteiger partial charge in [0.1, 0.15) is 11.9 Å². The van der Waals surface area contributed by atoms with Gasteiger partial charge in [0.25, 0.3) is 0 Å². The molecule has 2 N–H and O–H groups in total. The Bertz CT molecular complexity index is 414. The second-order valence-electron chi connectivity index (χ2n) is 4.17. The molecule has 0 saturated heterocycles. The zero-order chi connectivity index (χ0) is 10.9. The van der Waals surface area contributed by atoms with Gasteiger partial charge in [0, 0.05) is 5.54 Å². The van der Waals surface area contributed by atoms with E-state index in [2.05, 4.69) is 0 Å². The number of hydrogen-bond acceptors (Lipinski definition) is 2. The minimum Gasteiger partial charge on any atom is -0.321 e. The third kappa shape index (κ3) is 1.73. The van der Waals surface area contributed by atoms with Gasteiger partial charge in [-0.15, -0.1) is 0 Å². The first kappa shape index (κ1) is 10.1. The summed E-state index contributed by atoms with van der Waals surface area (Å²) in [5.74, 6) is -0.470. The molecule has 78 valence electrons. The van der Waals surface area contributed by atoms with Gasteiger partial charge in [-0.3, -0.25) is 0 Å². The van der Waals surface area contributed by atoms with E-state index >= 15 is 0 Å². The highest BCUT2D eigenvalue weighted by atomic mass is 19.1. The molecular weight excluding hydrogens is 191 g/mol. The van der Waals surface area contributed by atoms with E-state index < -0.39 is 5.82 Å². The van der Waals surface area contributed by atoms with E-state index in [0.29, 0.717) is 0 Å². The number of nitrogens with two attached hydrogens (primary N) is 1. The quantitative estimate of drug-likeness (QED) is 0.763. The standard InChI is InChI=1S/C12H13FN2/c13-11-4-3-10(7-9(11)8-14)12(15)5-1-2-6-12/h3-4,7H,1-2,5-6,15H2. The van der Waals surface area contributed by atoms with Gasteiger partial charge in [0.15, 0.2) is 0 Å². The fourth-order valence-electron chi connectivity index (χ4n) is 2.22. The van der Waals surface area contributed by atoms with Crippen LogP contribution >= 0.6 is 0 Å². The molecule has 0 amide bonds. The highest BCUT2D eigenvalue weighted by Gasteiger charge is 2.31. The molecule has 3 heteroatoms. The molecule has 0 spiro atoms. The van der Waals surface area contributed by atoms with E-state index in [1.54, 1.807) is 12.1 Å². The van der Waals surface area contributed by atoms with Crippen LogP contribution in [0.1, 0.15) is 36.8 Å². The summed E-state index contributed by atoms with van der Waals surface area (Å²) >= 11 is 0. The predicted molar refractivity (Wildman–Crippen MR) is 55.4 cm³/mol. The lowest BCUT2D eigenvalue weighted by Gasteiger charge is -2.24. The zero-order valence-electron chi connectivity index (χ0n) is 8.46. The summed E-state index contributed by atoms with van der Waals surface area (Å²) in [7, 11) is 0. The van der Waals surface area contributed by atoms with Gasteiger partial charge in [-0.25, -0.2) is 4.39 Å². The van der Waals surface area contributed by atoms with Gasteiger partial charge >= 0.3 is 0 Å². The zero-order valence-corrected chi connectivity index (χ0v) is 8.46. The maximum Gasteiger partial charge on any atom is 0.140 e. The molecule has 2 rings (SSSR count). The number of nitriles is 1. The lowest BCUT2D eigenvalue weighted by Crippen LogP contribution is -2.33. The van der Waals surface area contributed by atoms with Crippen LogP contribution in [-0.4, -0.2) is 0 Å². The van der Waals surface area contributed by atoms with Crippen LogP contribution in [0.25, 0.3) is 0 Å². The van der Waals surface area contributed by atoms with Crippen LogP contribution in [0.5, 0.6) is 0 Å². The van der Waals surface area contributed by atoms with Crippen LogP contribution in [0.2, 0.25) is 0 Å². The van der Waals surface area contributed by atoms with Crippen LogP contribution in [-0.2, 0) is 5.54 Å². The first-order chi connectivity index (χ1) is 7.15. The van der Waals surface area contributed by atoms with Gasteiger partial charge in [0.2, 0.25) is 0 Å². The molecule has 0 heterocycles. The number of halogens is 1. The topological polar surface area (TPSA) is 49.8 Å². The van der Waals surface area contributed by atoms with Gasteiger partial charge in [-0.2, -0.15) is 5.26 Å². The molecule has 15 heavy (non-hydrogen) atoms. The van der Waals surface area contributed by atoms with E-state index in [9.17, 15) is 4.39 Å².